The molecule has 2 amide bonds. The van der Waals surface area contributed by atoms with E-state index in [1.54, 1.807) is 0 Å². The quantitative estimate of drug-likeness (QED) is 0.603. The van der Waals surface area contributed by atoms with Gasteiger partial charge in [0.15, 0.2) is 5.58 Å². The number of nitrogens with zero attached hydrogens (tertiary/aromatic N) is 3. The van der Waals surface area contributed by atoms with Gasteiger partial charge in [-0.2, -0.15) is 0 Å². The summed E-state index contributed by atoms with van der Waals surface area (Å²) in [6.45, 7) is 8.72. The van der Waals surface area contributed by atoms with Gasteiger partial charge in [0.2, 0.25) is 5.89 Å². The van der Waals surface area contributed by atoms with Crippen molar-refractivity contribution < 1.29 is 9.21 Å². The summed E-state index contributed by atoms with van der Waals surface area (Å²) in [5.74, 6) is 1.70. The van der Waals surface area contributed by atoms with Crippen LogP contribution >= 0.6 is 0 Å². The van der Waals surface area contributed by atoms with Crippen LogP contribution in [0.1, 0.15) is 57.9 Å². The summed E-state index contributed by atoms with van der Waals surface area (Å²) in [6, 6.07) is 9.28. The Hall–Kier alpha value is -3.09. The molecule has 1 aromatic carbocycles. The zero-order valence-corrected chi connectivity index (χ0v) is 18.6. The van der Waals surface area contributed by atoms with Crippen molar-refractivity contribution in [2.75, 3.05) is 23.3 Å². The largest absolute Gasteiger partial charge is 0.440 e. The maximum Gasteiger partial charge on any atom is 0.319 e. The van der Waals surface area contributed by atoms with Crippen LogP contribution in [0.4, 0.5) is 16.3 Å². The van der Waals surface area contributed by atoms with E-state index in [-0.39, 0.29) is 11.4 Å². The lowest BCUT2D eigenvalue weighted by molar-refractivity contribution is 0.251. The summed E-state index contributed by atoms with van der Waals surface area (Å²) in [5, 5.41) is 5.75. The normalized spacial score (nSPS) is 15.0. The fourth-order valence-corrected chi connectivity index (χ4v) is 3.69. The van der Waals surface area contributed by atoms with Crippen LogP contribution in [-0.2, 0) is 12.0 Å². The minimum absolute atomic E-state index is 0.166. The third kappa shape index (κ3) is 5.34. The average Bonchev–Trinajstić information content (AvgIpc) is 2.99. The van der Waals surface area contributed by atoms with Crippen molar-refractivity contribution in [2.45, 2.75) is 58.4 Å². The zero-order valence-electron chi connectivity index (χ0n) is 18.6. The molecule has 1 aliphatic heterocycles. The molecule has 0 atom stereocenters. The minimum Gasteiger partial charge on any atom is -0.440 e. The first-order valence-corrected chi connectivity index (χ1v) is 11.0. The number of hydrogen-bond donors (Lipinski definition) is 2. The number of oxazole rings is 1. The van der Waals surface area contributed by atoms with Crippen LogP contribution < -0.4 is 15.5 Å². The molecule has 164 valence electrons. The lowest BCUT2D eigenvalue weighted by Gasteiger charge is -2.21. The van der Waals surface area contributed by atoms with Gasteiger partial charge in [-0.1, -0.05) is 39.7 Å². The molecule has 4 rings (SSSR count). The van der Waals surface area contributed by atoms with Crippen molar-refractivity contribution >= 4 is 28.6 Å². The molecule has 0 aliphatic carbocycles. The van der Waals surface area contributed by atoms with E-state index < -0.39 is 0 Å². The smallest absolute Gasteiger partial charge is 0.319 e. The molecule has 31 heavy (non-hydrogen) atoms. The number of benzene rings is 1. The minimum atomic E-state index is -0.268. The van der Waals surface area contributed by atoms with Gasteiger partial charge in [-0.25, -0.2) is 14.8 Å². The van der Waals surface area contributed by atoms with E-state index in [0.717, 1.165) is 30.0 Å². The summed E-state index contributed by atoms with van der Waals surface area (Å²) in [5.41, 5.74) is 2.92. The molecule has 7 heteroatoms. The van der Waals surface area contributed by atoms with E-state index >= 15 is 0 Å². The predicted molar refractivity (Wildman–Crippen MR) is 123 cm³/mol. The number of urea groups is 1. The number of fused-ring (bicyclic) bond motifs is 1. The first kappa shape index (κ1) is 21.2. The number of amides is 2. The number of pyridine rings is 1. The Labute approximate surface area is 183 Å². The van der Waals surface area contributed by atoms with Gasteiger partial charge in [0.25, 0.3) is 0 Å². The predicted octanol–water partition coefficient (Wildman–Crippen LogP) is 5.22. The van der Waals surface area contributed by atoms with Gasteiger partial charge in [-0.15, -0.1) is 0 Å². The molecular weight excluding hydrogens is 390 g/mol. The second kappa shape index (κ2) is 8.96. The van der Waals surface area contributed by atoms with E-state index in [9.17, 15) is 4.79 Å². The van der Waals surface area contributed by atoms with Gasteiger partial charge in [-0.05, 0) is 42.7 Å². The summed E-state index contributed by atoms with van der Waals surface area (Å²) in [7, 11) is 0. The summed E-state index contributed by atoms with van der Waals surface area (Å²) in [4.78, 5) is 23.8. The first-order valence-electron chi connectivity index (χ1n) is 11.0. The third-order valence-electron chi connectivity index (χ3n) is 5.48. The highest BCUT2D eigenvalue weighted by atomic mass is 16.3. The Morgan fingerprint density at radius 1 is 1.10 bits per heavy atom. The fourth-order valence-electron chi connectivity index (χ4n) is 3.69. The van der Waals surface area contributed by atoms with Crippen molar-refractivity contribution in [1.82, 2.24) is 15.3 Å². The van der Waals surface area contributed by atoms with E-state index in [2.05, 4.69) is 46.3 Å². The van der Waals surface area contributed by atoms with Crippen LogP contribution in [0.2, 0.25) is 0 Å². The second-order valence-corrected chi connectivity index (χ2v) is 9.19. The van der Waals surface area contributed by atoms with Crippen LogP contribution in [0.15, 0.2) is 40.9 Å². The van der Waals surface area contributed by atoms with E-state index in [1.165, 1.54) is 25.7 Å². The summed E-state index contributed by atoms with van der Waals surface area (Å²) in [6.07, 6.45) is 6.89. The van der Waals surface area contributed by atoms with Crippen molar-refractivity contribution in [1.29, 1.82) is 0 Å². The van der Waals surface area contributed by atoms with Gasteiger partial charge >= 0.3 is 6.03 Å². The number of carbonyl (C=O) groups is 1. The van der Waals surface area contributed by atoms with Crippen molar-refractivity contribution in [3.8, 4) is 0 Å². The molecule has 1 saturated heterocycles. The van der Waals surface area contributed by atoms with Crippen LogP contribution in [-0.4, -0.2) is 29.1 Å². The Bertz CT molecular complexity index is 1030. The lowest BCUT2D eigenvalue weighted by atomic mass is 9.97. The Morgan fingerprint density at radius 2 is 1.87 bits per heavy atom. The SMILES string of the molecule is CC(C)(C)c1nc2cc(NC(=O)NCc3ccc(N4CCCCCC4)nc3)ccc2o1. The molecule has 0 radical (unpaired) electrons. The molecular formula is C24H31N5O2. The van der Waals surface area contributed by atoms with Crippen molar-refractivity contribution in [2.24, 2.45) is 0 Å². The van der Waals surface area contributed by atoms with Crippen LogP contribution in [0, 0.1) is 0 Å². The zero-order chi connectivity index (χ0) is 21.8. The molecule has 2 N–H and O–H groups in total. The maximum absolute atomic E-state index is 12.3. The maximum atomic E-state index is 12.3. The molecule has 0 saturated carbocycles. The number of hydrogen-bond acceptors (Lipinski definition) is 5. The van der Waals surface area contributed by atoms with E-state index in [4.69, 9.17) is 4.42 Å². The average molecular weight is 422 g/mol. The van der Waals surface area contributed by atoms with Gasteiger partial charge in [-0.3, -0.25) is 0 Å². The number of anilines is 2. The van der Waals surface area contributed by atoms with Crippen LogP contribution in [0.5, 0.6) is 0 Å². The first-order chi connectivity index (χ1) is 14.9. The van der Waals surface area contributed by atoms with Gasteiger partial charge in [0, 0.05) is 36.9 Å². The molecule has 3 aromatic rings. The Balaban J connectivity index is 1.32. The molecule has 0 unspecified atom stereocenters. The van der Waals surface area contributed by atoms with Gasteiger partial charge in [0.05, 0.1) is 0 Å². The third-order valence-corrected chi connectivity index (χ3v) is 5.48. The number of aromatic nitrogens is 2. The van der Waals surface area contributed by atoms with Gasteiger partial charge < -0.3 is 20.0 Å². The number of rotatable bonds is 4. The standard InChI is InChI=1S/C24H31N5O2/c1-24(2,3)22-28-19-14-18(9-10-20(19)31-22)27-23(30)26-16-17-8-11-21(25-15-17)29-12-6-4-5-7-13-29/h8-11,14-15H,4-7,12-13,16H2,1-3H3,(H2,26,27,30). The monoisotopic (exact) mass is 421 g/mol. The van der Waals surface area contributed by atoms with Crippen molar-refractivity contribution in [3.63, 3.8) is 0 Å². The van der Waals surface area contributed by atoms with Gasteiger partial charge in [0.1, 0.15) is 11.3 Å². The molecule has 0 spiro atoms. The number of carbonyl (C=O) groups excluding carboxylic acids is 1. The van der Waals surface area contributed by atoms with Crippen LogP contribution in [0.25, 0.3) is 11.1 Å². The highest BCUT2D eigenvalue weighted by molar-refractivity contribution is 5.91. The van der Waals surface area contributed by atoms with E-state index in [1.807, 2.05) is 36.5 Å². The lowest BCUT2D eigenvalue weighted by Crippen LogP contribution is -2.28. The van der Waals surface area contributed by atoms with E-state index in [0.29, 0.717) is 23.7 Å². The molecule has 1 fully saturated rings. The molecule has 7 nitrogen and oxygen atoms in total. The van der Waals surface area contributed by atoms with Crippen LogP contribution in [0.3, 0.4) is 0 Å². The molecule has 3 heterocycles. The summed E-state index contributed by atoms with van der Waals surface area (Å²) < 4.78 is 5.81. The summed E-state index contributed by atoms with van der Waals surface area (Å²) >= 11 is 0. The van der Waals surface area contributed by atoms with Crippen molar-refractivity contribution in [3.05, 3.63) is 48.0 Å². The molecule has 2 aromatic heterocycles. The Morgan fingerprint density at radius 3 is 2.55 bits per heavy atom. The number of nitrogens with one attached hydrogen (secondary N) is 2. The fraction of sp³-hybridized carbons (Fsp3) is 0.458. The second-order valence-electron chi connectivity index (χ2n) is 9.19. The molecule has 0 bridgehead atoms. The highest BCUT2D eigenvalue weighted by Gasteiger charge is 2.21. The topological polar surface area (TPSA) is 83.3 Å². The molecule has 1 aliphatic rings. The highest BCUT2D eigenvalue weighted by Crippen LogP contribution is 2.27. The Kier molecular flexibility index (Phi) is 6.11.